The summed E-state index contributed by atoms with van der Waals surface area (Å²) in [4.78, 5) is 13.6. The van der Waals surface area contributed by atoms with Crippen LogP contribution < -0.4 is 5.73 Å². The number of hydrogen-bond donors (Lipinski definition) is 1. The Kier molecular flexibility index (Phi) is 7.34. The molecule has 0 spiro atoms. The smallest absolute Gasteiger partial charge is 0.239 e. The fourth-order valence-electron chi connectivity index (χ4n) is 1.24. The van der Waals surface area contributed by atoms with Crippen LogP contribution in [0.2, 0.25) is 0 Å². The molecule has 0 fully saturated rings. The van der Waals surface area contributed by atoms with Crippen LogP contribution in [0.1, 0.15) is 27.7 Å². The molecule has 0 rings (SSSR count). The van der Waals surface area contributed by atoms with Gasteiger partial charge in [0, 0.05) is 19.7 Å². The molecule has 15 heavy (non-hydrogen) atoms. The molecular formula is C11H24N2O2. The highest BCUT2D eigenvalue weighted by atomic mass is 16.5. The standard InChI is InChI=1S/C11H24N2O2/c1-5-13(7-8-15-6-2)11(14)10(12)9(3)4/h9-10H,5-8,12H2,1-4H3. The average molecular weight is 216 g/mol. The van der Waals surface area contributed by atoms with E-state index in [2.05, 4.69) is 0 Å². The minimum atomic E-state index is -0.397. The molecule has 1 amide bonds. The van der Waals surface area contributed by atoms with E-state index < -0.39 is 6.04 Å². The lowest BCUT2D eigenvalue weighted by atomic mass is 10.0. The number of nitrogens with two attached hydrogens (primary N) is 1. The van der Waals surface area contributed by atoms with Gasteiger partial charge in [-0.2, -0.15) is 0 Å². The molecule has 1 atom stereocenters. The van der Waals surface area contributed by atoms with Gasteiger partial charge in [0.1, 0.15) is 0 Å². The van der Waals surface area contributed by atoms with Gasteiger partial charge in [0.15, 0.2) is 0 Å². The van der Waals surface area contributed by atoms with Crippen molar-refractivity contribution >= 4 is 5.91 Å². The van der Waals surface area contributed by atoms with Crippen LogP contribution in [0.3, 0.4) is 0 Å². The molecule has 4 heteroatoms. The zero-order chi connectivity index (χ0) is 11.8. The van der Waals surface area contributed by atoms with Gasteiger partial charge in [-0.25, -0.2) is 0 Å². The quantitative estimate of drug-likeness (QED) is 0.642. The molecule has 0 saturated carbocycles. The summed E-state index contributed by atoms with van der Waals surface area (Å²) in [5.41, 5.74) is 5.81. The van der Waals surface area contributed by atoms with Crippen molar-refractivity contribution in [1.82, 2.24) is 4.90 Å². The van der Waals surface area contributed by atoms with E-state index in [1.807, 2.05) is 27.7 Å². The predicted molar refractivity (Wildman–Crippen MR) is 61.6 cm³/mol. The molecule has 0 aromatic rings. The number of rotatable bonds is 7. The first-order valence-electron chi connectivity index (χ1n) is 5.66. The molecule has 90 valence electrons. The highest BCUT2D eigenvalue weighted by Gasteiger charge is 2.21. The molecule has 0 aliphatic heterocycles. The monoisotopic (exact) mass is 216 g/mol. The lowest BCUT2D eigenvalue weighted by molar-refractivity contribution is -0.134. The molecule has 0 aromatic carbocycles. The molecule has 2 N–H and O–H groups in total. The van der Waals surface area contributed by atoms with Gasteiger partial charge in [0.2, 0.25) is 5.91 Å². The normalized spacial score (nSPS) is 12.9. The van der Waals surface area contributed by atoms with Gasteiger partial charge >= 0.3 is 0 Å². The molecule has 0 aliphatic carbocycles. The van der Waals surface area contributed by atoms with Gasteiger partial charge < -0.3 is 15.4 Å². The number of likely N-dealkylation sites (N-methyl/N-ethyl adjacent to an activating group) is 1. The fourth-order valence-corrected chi connectivity index (χ4v) is 1.24. The van der Waals surface area contributed by atoms with Gasteiger partial charge in [-0.15, -0.1) is 0 Å². The van der Waals surface area contributed by atoms with E-state index in [4.69, 9.17) is 10.5 Å². The Morgan fingerprint density at radius 2 is 2.00 bits per heavy atom. The van der Waals surface area contributed by atoms with Crippen LogP contribution in [0.15, 0.2) is 0 Å². The van der Waals surface area contributed by atoms with Crippen molar-refractivity contribution in [3.8, 4) is 0 Å². The maximum atomic E-state index is 11.9. The summed E-state index contributed by atoms with van der Waals surface area (Å²) in [6.45, 7) is 10.4. The number of carbonyl (C=O) groups is 1. The number of ether oxygens (including phenoxy) is 1. The number of hydrogen-bond acceptors (Lipinski definition) is 3. The maximum absolute atomic E-state index is 11.9. The summed E-state index contributed by atoms with van der Waals surface area (Å²) < 4.78 is 5.22. The van der Waals surface area contributed by atoms with Crippen molar-refractivity contribution < 1.29 is 9.53 Å². The van der Waals surface area contributed by atoms with Crippen molar-refractivity contribution in [2.24, 2.45) is 11.7 Å². The molecule has 0 saturated heterocycles. The summed E-state index contributed by atoms with van der Waals surface area (Å²) in [5.74, 6) is 0.200. The zero-order valence-electron chi connectivity index (χ0n) is 10.3. The number of nitrogens with zero attached hydrogens (tertiary/aromatic N) is 1. The third-order valence-corrected chi connectivity index (χ3v) is 2.41. The molecule has 0 aromatic heterocycles. The van der Waals surface area contributed by atoms with Crippen LogP contribution in [0, 0.1) is 5.92 Å². The number of carbonyl (C=O) groups excluding carboxylic acids is 1. The molecule has 0 radical (unpaired) electrons. The molecule has 0 heterocycles. The summed E-state index contributed by atoms with van der Waals surface area (Å²) >= 11 is 0. The second kappa shape index (κ2) is 7.65. The third kappa shape index (κ3) is 5.14. The van der Waals surface area contributed by atoms with Crippen molar-refractivity contribution in [2.45, 2.75) is 33.7 Å². The largest absolute Gasteiger partial charge is 0.380 e. The van der Waals surface area contributed by atoms with E-state index in [0.717, 1.165) is 0 Å². The Hall–Kier alpha value is -0.610. The molecule has 4 nitrogen and oxygen atoms in total. The average Bonchev–Trinajstić information content (AvgIpc) is 2.22. The van der Waals surface area contributed by atoms with Crippen LogP contribution in [0.5, 0.6) is 0 Å². The topological polar surface area (TPSA) is 55.6 Å². The van der Waals surface area contributed by atoms with E-state index in [1.54, 1.807) is 4.90 Å². The minimum Gasteiger partial charge on any atom is -0.380 e. The Morgan fingerprint density at radius 1 is 1.40 bits per heavy atom. The van der Waals surface area contributed by atoms with Crippen LogP contribution >= 0.6 is 0 Å². The first kappa shape index (κ1) is 14.4. The second-order valence-electron chi connectivity index (χ2n) is 3.88. The van der Waals surface area contributed by atoms with E-state index >= 15 is 0 Å². The lowest BCUT2D eigenvalue weighted by Crippen LogP contribution is -2.47. The molecule has 0 aliphatic rings. The highest BCUT2D eigenvalue weighted by Crippen LogP contribution is 2.03. The molecule has 0 bridgehead atoms. The second-order valence-corrected chi connectivity index (χ2v) is 3.88. The van der Waals surface area contributed by atoms with Crippen molar-refractivity contribution in [3.63, 3.8) is 0 Å². The Bertz CT molecular complexity index is 183. The van der Waals surface area contributed by atoms with Crippen molar-refractivity contribution in [2.75, 3.05) is 26.3 Å². The van der Waals surface area contributed by atoms with Crippen molar-refractivity contribution in [3.05, 3.63) is 0 Å². The van der Waals surface area contributed by atoms with Gasteiger partial charge in [0.05, 0.1) is 12.6 Å². The Labute approximate surface area is 92.8 Å². The minimum absolute atomic E-state index is 0.0206. The van der Waals surface area contributed by atoms with Crippen LogP contribution in [0.25, 0.3) is 0 Å². The summed E-state index contributed by atoms with van der Waals surface area (Å²) in [5, 5.41) is 0. The van der Waals surface area contributed by atoms with Gasteiger partial charge in [0.25, 0.3) is 0 Å². The third-order valence-electron chi connectivity index (χ3n) is 2.41. The highest BCUT2D eigenvalue weighted by molar-refractivity contribution is 5.81. The first-order valence-corrected chi connectivity index (χ1v) is 5.66. The fraction of sp³-hybridized carbons (Fsp3) is 0.909. The molecule has 1 unspecified atom stereocenters. The van der Waals surface area contributed by atoms with Gasteiger partial charge in [-0.3, -0.25) is 4.79 Å². The summed E-state index contributed by atoms with van der Waals surface area (Å²) in [6, 6.07) is -0.397. The predicted octanol–water partition coefficient (Wildman–Crippen LogP) is 0.855. The zero-order valence-corrected chi connectivity index (χ0v) is 10.3. The SMILES string of the molecule is CCOCCN(CC)C(=O)C(N)C(C)C. The van der Waals surface area contributed by atoms with E-state index in [0.29, 0.717) is 26.3 Å². The van der Waals surface area contributed by atoms with Crippen LogP contribution in [-0.4, -0.2) is 43.2 Å². The lowest BCUT2D eigenvalue weighted by Gasteiger charge is -2.25. The van der Waals surface area contributed by atoms with Gasteiger partial charge in [-0.1, -0.05) is 13.8 Å². The van der Waals surface area contributed by atoms with Crippen molar-refractivity contribution in [1.29, 1.82) is 0 Å². The maximum Gasteiger partial charge on any atom is 0.239 e. The van der Waals surface area contributed by atoms with E-state index in [-0.39, 0.29) is 11.8 Å². The first-order chi connectivity index (χ1) is 7.04. The number of amides is 1. The van der Waals surface area contributed by atoms with E-state index in [9.17, 15) is 4.79 Å². The van der Waals surface area contributed by atoms with Crippen LogP contribution in [0.4, 0.5) is 0 Å². The summed E-state index contributed by atoms with van der Waals surface area (Å²) in [7, 11) is 0. The van der Waals surface area contributed by atoms with E-state index in [1.165, 1.54) is 0 Å². The van der Waals surface area contributed by atoms with Gasteiger partial charge in [-0.05, 0) is 19.8 Å². The van der Waals surface area contributed by atoms with Crippen LogP contribution in [-0.2, 0) is 9.53 Å². The summed E-state index contributed by atoms with van der Waals surface area (Å²) in [6.07, 6.45) is 0. The molecular weight excluding hydrogens is 192 g/mol. The Morgan fingerprint density at radius 3 is 2.40 bits per heavy atom. The Balaban J connectivity index is 4.09.